The number of ether oxygens (including phenoxy) is 1. The summed E-state index contributed by atoms with van der Waals surface area (Å²) < 4.78 is 11.1. The zero-order chi connectivity index (χ0) is 13.3. The predicted molar refractivity (Wildman–Crippen MR) is 68.2 cm³/mol. The predicted octanol–water partition coefficient (Wildman–Crippen LogP) is 1.85. The van der Waals surface area contributed by atoms with E-state index in [1.807, 2.05) is 0 Å². The van der Waals surface area contributed by atoms with Crippen LogP contribution in [0.5, 0.6) is 0 Å². The van der Waals surface area contributed by atoms with Gasteiger partial charge in [0.15, 0.2) is 14.4 Å². The van der Waals surface area contributed by atoms with Crippen LogP contribution in [0.2, 0.25) is 18.1 Å². The van der Waals surface area contributed by atoms with Crippen LogP contribution < -0.4 is 0 Å². The summed E-state index contributed by atoms with van der Waals surface area (Å²) >= 11 is 0. The molecule has 0 aromatic rings. The first-order chi connectivity index (χ1) is 7.67. The van der Waals surface area contributed by atoms with Gasteiger partial charge in [-0.25, -0.2) is 4.79 Å². The quantitative estimate of drug-likeness (QED) is 0.620. The molecule has 0 fully saturated rings. The normalized spacial score (nSPS) is 25.9. The minimum Gasteiger partial charge on any atom is -0.454 e. The minimum absolute atomic E-state index is 0.0856. The molecule has 1 rings (SSSR count). The molecule has 0 unspecified atom stereocenters. The van der Waals surface area contributed by atoms with Crippen molar-refractivity contribution in [3.63, 3.8) is 0 Å². The second-order valence-electron chi connectivity index (χ2n) is 5.86. The Bertz CT molecular complexity index is 317. The molecule has 5 heteroatoms. The molecule has 0 aromatic carbocycles. The summed E-state index contributed by atoms with van der Waals surface area (Å²) in [6.07, 6.45) is 2.14. The summed E-state index contributed by atoms with van der Waals surface area (Å²) in [6, 6.07) is 0. The molecule has 1 N–H and O–H groups in total. The van der Waals surface area contributed by atoms with Gasteiger partial charge in [0.2, 0.25) is 0 Å². The van der Waals surface area contributed by atoms with Gasteiger partial charge in [-0.3, -0.25) is 0 Å². The van der Waals surface area contributed by atoms with Gasteiger partial charge >= 0.3 is 5.97 Å². The van der Waals surface area contributed by atoms with Crippen LogP contribution >= 0.6 is 0 Å². The Morgan fingerprint density at radius 2 is 2.06 bits per heavy atom. The van der Waals surface area contributed by atoms with E-state index in [4.69, 9.17) is 9.16 Å². The number of rotatable bonds is 3. The van der Waals surface area contributed by atoms with E-state index in [0.717, 1.165) is 0 Å². The van der Waals surface area contributed by atoms with Gasteiger partial charge in [0.1, 0.15) is 6.10 Å². The molecule has 98 valence electrons. The third-order valence-electron chi connectivity index (χ3n) is 3.47. The van der Waals surface area contributed by atoms with Crippen LogP contribution in [0, 0.1) is 0 Å². The second kappa shape index (κ2) is 4.92. The van der Waals surface area contributed by atoms with Crippen LogP contribution in [0.1, 0.15) is 20.8 Å². The third kappa shape index (κ3) is 3.40. The van der Waals surface area contributed by atoms with E-state index in [1.165, 1.54) is 6.08 Å². The first-order valence-electron chi connectivity index (χ1n) is 5.85. The molecule has 0 saturated heterocycles. The molecule has 2 atom stereocenters. The topological polar surface area (TPSA) is 55.8 Å². The number of aliphatic hydroxyl groups excluding tert-OH is 1. The fourth-order valence-electron chi connectivity index (χ4n) is 1.33. The molecule has 0 aromatic heterocycles. The molecule has 0 amide bonds. The summed E-state index contributed by atoms with van der Waals surface area (Å²) in [6.45, 7) is 10.5. The summed E-state index contributed by atoms with van der Waals surface area (Å²) in [5.74, 6) is -0.417. The number of hydrogen-bond donors (Lipinski definition) is 1. The lowest BCUT2D eigenvalue weighted by atomic mass is 10.1. The smallest absolute Gasteiger partial charge is 0.330 e. The number of esters is 1. The molecule has 0 saturated carbocycles. The molecule has 0 bridgehead atoms. The van der Waals surface area contributed by atoms with Crippen molar-refractivity contribution in [3.05, 3.63) is 12.2 Å². The Kier molecular flexibility index (Phi) is 4.17. The maximum absolute atomic E-state index is 11.1. The molecule has 0 spiro atoms. The molecule has 0 radical (unpaired) electrons. The summed E-state index contributed by atoms with van der Waals surface area (Å²) in [7, 11) is -1.93. The Morgan fingerprint density at radius 3 is 2.53 bits per heavy atom. The van der Waals surface area contributed by atoms with Crippen molar-refractivity contribution in [2.75, 3.05) is 6.61 Å². The first-order valence-corrected chi connectivity index (χ1v) is 8.76. The van der Waals surface area contributed by atoms with Crippen LogP contribution in [0.25, 0.3) is 0 Å². The van der Waals surface area contributed by atoms with Crippen molar-refractivity contribution in [3.8, 4) is 0 Å². The zero-order valence-corrected chi connectivity index (χ0v) is 12.2. The van der Waals surface area contributed by atoms with Crippen molar-refractivity contribution in [2.45, 2.75) is 51.1 Å². The van der Waals surface area contributed by atoms with Crippen molar-refractivity contribution >= 4 is 14.3 Å². The molecular formula is C12H22O4Si. The van der Waals surface area contributed by atoms with Crippen molar-refractivity contribution in [2.24, 2.45) is 0 Å². The largest absolute Gasteiger partial charge is 0.454 e. The standard InChI is InChI=1S/C12H22O4Si/c1-12(2,3)17(4,5)16-9-6-7-11(14)15-10(9)8-13/h6-7,9-10,13H,8H2,1-5H3/t9-,10-/m0/s1. The SMILES string of the molecule is CC(C)(C)[Si](C)(C)O[C@H]1C=CC(=O)O[C@H]1CO. The summed E-state index contributed by atoms with van der Waals surface area (Å²) in [4.78, 5) is 11.1. The van der Waals surface area contributed by atoms with Crippen molar-refractivity contribution in [1.29, 1.82) is 0 Å². The minimum atomic E-state index is -1.93. The molecule has 0 aliphatic carbocycles. The number of aliphatic hydroxyl groups is 1. The van der Waals surface area contributed by atoms with Gasteiger partial charge in [-0.1, -0.05) is 20.8 Å². The summed E-state index contributed by atoms with van der Waals surface area (Å²) in [5, 5.41) is 9.29. The van der Waals surface area contributed by atoms with Gasteiger partial charge in [-0.05, 0) is 24.2 Å². The Morgan fingerprint density at radius 1 is 1.47 bits per heavy atom. The number of hydrogen-bond acceptors (Lipinski definition) is 4. The lowest BCUT2D eigenvalue weighted by Gasteiger charge is -2.40. The van der Waals surface area contributed by atoms with E-state index in [9.17, 15) is 9.90 Å². The highest BCUT2D eigenvalue weighted by molar-refractivity contribution is 6.74. The molecule has 1 aliphatic rings. The average molecular weight is 258 g/mol. The van der Waals surface area contributed by atoms with Gasteiger partial charge in [-0.2, -0.15) is 0 Å². The Labute approximate surface area is 104 Å². The maximum Gasteiger partial charge on any atom is 0.330 e. The lowest BCUT2D eigenvalue weighted by Crippen LogP contribution is -2.49. The van der Waals surface area contributed by atoms with Crippen molar-refractivity contribution < 1.29 is 19.1 Å². The van der Waals surface area contributed by atoms with E-state index in [2.05, 4.69) is 33.9 Å². The van der Waals surface area contributed by atoms with Gasteiger partial charge in [0, 0.05) is 6.08 Å². The summed E-state index contributed by atoms with van der Waals surface area (Å²) in [5.41, 5.74) is 0. The molecule has 17 heavy (non-hydrogen) atoms. The van der Waals surface area contributed by atoms with Gasteiger partial charge in [0.25, 0.3) is 0 Å². The second-order valence-corrected chi connectivity index (χ2v) is 10.6. The Hall–Kier alpha value is -0.653. The average Bonchev–Trinajstić information content (AvgIpc) is 2.18. The van der Waals surface area contributed by atoms with Crippen LogP contribution in [-0.4, -0.2) is 38.2 Å². The van der Waals surface area contributed by atoms with Gasteiger partial charge in [0.05, 0.1) is 6.61 Å². The van der Waals surface area contributed by atoms with E-state index in [1.54, 1.807) is 6.08 Å². The molecular weight excluding hydrogens is 236 g/mol. The van der Waals surface area contributed by atoms with E-state index < -0.39 is 20.4 Å². The highest BCUT2D eigenvalue weighted by Crippen LogP contribution is 2.38. The van der Waals surface area contributed by atoms with Gasteiger partial charge < -0.3 is 14.3 Å². The number of cyclic esters (lactones) is 1. The highest BCUT2D eigenvalue weighted by Gasteiger charge is 2.41. The fraction of sp³-hybridized carbons (Fsp3) is 0.750. The van der Waals surface area contributed by atoms with Crippen molar-refractivity contribution in [1.82, 2.24) is 0 Å². The van der Waals surface area contributed by atoms with Crippen LogP contribution in [0.3, 0.4) is 0 Å². The van der Waals surface area contributed by atoms with E-state index >= 15 is 0 Å². The fourth-order valence-corrected chi connectivity index (χ4v) is 2.59. The monoisotopic (exact) mass is 258 g/mol. The number of carbonyl (C=O) groups is 1. The van der Waals surface area contributed by atoms with Crippen LogP contribution in [0.15, 0.2) is 12.2 Å². The lowest BCUT2D eigenvalue weighted by molar-refractivity contribution is -0.151. The highest BCUT2D eigenvalue weighted by atomic mass is 28.4. The van der Waals surface area contributed by atoms with Gasteiger partial charge in [-0.15, -0.1) is 0 Å². The van der Waals surface area contributed by atoms with E-state index in [-0.39, 0.29) is 17.7 Å². The molecule has 1 heterocycles. The number of carbonyl (C=O) groups excluding carboxylic acids is 1. The van der Waals surface area contributed by atoms with Crippen LogP contribution in [-0.2, 0) is 14.0 Å². The molecule has 1 aliphatic heterocycles. The van der Waals surface area contributed by atoms with Crippen LogP contribution in [0.4, 0.5) is 0 Å². The third-order valence-corrected chi connectivity index (χ3v) is 7.95. The maximum atomic E-state index is 11.1. The first kappa shape index (κ1) is 14.4. The Balaban J connectivity index is 2.80. The zero-order valence-electron chi connectivity index (χ0n) is 11.2. The van der Waals surface area contributed by atoms with E-state index in [0.29, 0.717) is 0 Å². The molecule has 4 nitrogen and oxygen atoms in total.